The van der Waals surface area contributed by atoms with Crippen molar-refractivity contribution in [1.29, 1.82) is 0 Å². The zero-order valence-corrected chi connectivity index (χ0v) is 17.7. The summed E-state index contributed by atoms with van der Waals surface area (Å²) in [7, 11) is 1.56. The number of pyridine rings is 2. The first kappa shape index (κ1) is 20.0. The Morgan fingerprint density at radius 2 is 1.90 bits per heavy atom. The molecule has 0 unspecified atom stereocenters. The Balaban J connectivity index is 1.84. The van der Waals surface area contributed by atoms with Crippen LogP contribution in [0.15, 0.2) is 57.9 Å². The monoisotopic (exact) mass is 467 g/mol. The normalized spacial score (nSPS) is 12.9. The summed E-state index contributed by atoms with van der Waals surface area (Å²) in [6, 6.07) is 11.7. The van der Waals surface area contributed by atoms with Crippen LogP contribution < -0.4 is 15.6 Å². The maximum absolute atomic E-state index is 13.3. The van der Waals surface area contributed by atoms with E-state index in [1.54, 1.807) is 49.7 Å². The van der Waals surface area contributed by atoms with Crippen LogP contribution in [0.25, 0.3) is 5.69 Å². The zero-order chi connectivity index (χ0) is 21.3. The molecule has 1 aliphatic rings. The third-order valence-electron chi connectivity index (χ3n) is 4.97. The molecule has 1 aliphatic carbocycles. The van der Waals surface area contributed by atoms with Crippen LogP contribution in [0.4, 0.5) is 5.82 Å². The molecule has 1 aromatic carbocycles. The Labute approximate surface area is 180 Å². The number of benzene rings is 1. The van der Waals surface area contributed by atoms with E-state index < -0.39 is 11.5 Å². The lowest BCUT2D eigenvalue weighted by Crippen LogP contribution is -2.33. The number of fused-ring (bicyclic) bond motifs is 1. The highest BCUT2D eigenvalue weighted by Gasteiger charge is 2.26. The maximum atomic E-state index is 13.3. The van der Waals surface area contributed by atoms with Crippen molar-refractivity contribution in [1.82, 2.24) is 9.55 Å². The number of hydrogen-bond acceptors (Lipinski definition) is 5. The number of rotatable bonds is 4. The summed E-state index contributed by atoms with van der Waals surface area (Å²) in [5, 5.41) is 2.63. The van der Waals surface area contributed by atoms with Gasteiger partial charge in [-0.1, -0.05) is 0 Å². The fraction of sp³-hybridized carbons (Fsp3) is 0.182. The average molecular weight is 468 g/mol. The molecule has 7 nitrogen and oxygen atoms in total. The number of methoxy groups -OCH3 is 1. The predicted octanol–water partition coefficient (Wildman–Crippen LogP) is 3.77. The van der Waals surface area contributed by atoms with E-state index >= 15 is 0 Å². The van der Waals surface area contributed by atoms with Gasteiger partial charge in [-0.15, -0.1) is 0 Å². The number of halogens is 1. The highest BCUT2D eigenvalue weighted by Crippen LogP contribution is 2.25. The Morgan fingerprint density at radius 3 is 2.57 bits per heavy atom. The van der Waals surface area contributed by atoms with Crippen molar-refractivity contribution in [2.45, 2.75) is 19.3 Å². The molecule has 1 amide bonds. The lowest BCUT2D eigenvalue weighted by Gasteiger charge is -2.21. The van der Waals surface area contributed by atoms with Gasteiger partial charge in [0.05, 0.1) is 7.11 Å². The summed E-state index contributed by atoms with van der Waals surface area (Å²) >= 11 is 3.29. The predicted molar refractivity (Wildman–Crippen MR) is 116 cm³/mol. The Hall–Kier alpha value is -3.26. The lowest BCUT2D eigenvalue weighted by molar-refractivity contribution is 0.0971. The minimum atomic E-state index is -0.613. The zero-order valence-electron chi connectivity index (χ0n) is 16.1. The van der Waals surface area contributed by atoms with E-state index in [9.17, 15) is 14.4 Å². The molecule has 152 valence electrons. The number of Topliss-reactive ketones (excluding diaryl/α,β-unsaturated/α-hetero) is 1. The summed E-state index contributed by atoms with van der Waals surface area (Å²) in [6.45, 7) is 0. The molecular weight excluding hydrogens is 450 g/mol. The number of ketones is 1. The fourth-order valence-electron chi connectivity index (χ4n) is 3.49. The van der Waals surface area contributed by atoms with Gasteiger partial charge in [-0.3, -0.25) is 19.0 Å². The molecule has 0 atom stereocenters. The van der Waals surface area contributed by atoms with E-state index in [0.29, 0.717) is 47.8 Å². The molecule has 2 heterocycles. The number of amides is 1. The lowest BCUT2D eigenvalue weighted by atomic mass is 9.92. The van der Waals surface area contributed by atoms with Gasteiger partial charge in [0.1, 0.15) is 17.1 Å². The first-order chi connectivity index (χ1) is 14.5. The second-order valence-electron chi connectivity index (χ2n) is 6.85. The standard InChI is InChI=1S/C22H18BrN3O4/c1-30-15-8-6-14(7-9-15)26-18-3-2-4-19(27)16(18)11-17(22(26)29)21(28)25-20-10-5-13(23)12-24-20/h5-12H,2-4H2,1H3,(H,24,25,28). The van der Waals surface area contributed by atoms with Crippen LogP contribution in [0.3, 0.4) is 0 Å². The topological polar surface area (TPSA) is 90.3 Å². The van der Waals surface area contributed by atoms with E-state index in [4.69, 9.17) is 4.74 Å². The average Bonchev–Trinajstić information content (AvgIpc) is 2.75. The first-order valence-corrected chi connectivity index (χ1v) is 10.2. The molecule has 0 fully saturated rings. The Bertz CT molecular complexity index is 1180. The molecule has 8 heteroatoms. The van der Waals surface area contributed by atoms with Crippen molar-refractivity contribution < 1.29 is 14.3 Å². The summed E-state index contributed by atoms with van der Waals surface area (Å²) in [6.07, 6.45) is 3.18. The van der Waals surface area contributed by atoms with Gasteiger partial charge in [-0.05, 0) is 71.2 Å². The van der Waals surface area contributed by atoms with Crippen molar-refractivity contribution in [3.05, 3.63) is 80.3 Å². The molecule has 0 bridgehead atoms. The van der Waals surface area contributed by atoms with Gasteiger partial charge < -0.3 is 10.1 Å². The second-order valence-corrected chi connectivity index (χ2v) is 7.77. The number of anilines is 1. The quantitative estimate of drug-likeness (QED) is 0.630. The van der Waals surface area contributed by atoms with Gasteiger partial charge in [0.15, 0.2) is 5.78 Å². The highest BCUT2D eigenvalue weighted by molar-refractivity contribution is 9.10. The van der Waals surface area contributed by atoms with Gasteiger partial charge in [0.2, 0.25) is 0 Å². The molecule has 0 saturated carbocycles. The Kier molecular flexibility index (Phi) is 5.50. The number of ether oxygens (including phenoxy) is 1. The molecule has 1 N–H and O–H groups in total. The fourth-order valence-corrected chi connectivity index (χ4v) is 3.73. The molecule has 0 aliphatic heterocycles. The summed E-state index contributed by atoms with van der Waals surface area (Å²) in [5.74, 6) is 0.266. The van der Waals surface area contributed by atoms with E-state index in [-0.39, 0.29) is 11.3 Å². The molecule has 0 saturated heterocycles. The minimum Gasteiger partial charge on any atom is -0.497 e. The number of carbonyl (C=O) groups is 2. The molecule has 2 aromatic heterocycles. The summed E-state index contributed by atoms with van der Waals surface area (Å²) < 4.78 is 7.41. The van der Waals surface area contributed by atoms with E-state index in [2.05, 4.69) is 26.2 Å². The van der Waals surface area contributed by atoms with Crippen molar-refractivity contribution in [3.63, 3.8) is 0 Å². The summed E-state index contributed by atoms with van der Waals surface area (Å²) in [5.41, 5.74) is 1.02. The number of nitrogens with zero attached hydrogens (tertiary/aromatic N) is 2. The van der Waals surface area contributed by atoms with Gasteiger partial charge in [0.25, 0.3) is 11.5 Å². The van der Waals surface area contributed by atoms with E-state index in [0.717, 1.165) is 4.47 Å². The van der Waals surface area contributed by atoms with E-state index in [1.165, 1.54) is 10.6 Å². The molecule has 0 spiro atoms. The van der Waals surface area contributed by atoms with Crippen LogP contribution >= 0.6 is 15.9 Å². The maximum Gasteiger partial charge on any atom is 0.268 e. The van der Waals surface area contributed by atoms with Gasteiger partial charge in [0, 0.05) is 34.0 Å². The first-order valence-electron chi connectivity index (χ1n) is 9.37. The third-order valence-corrected chi connectivity index (χ3v) is 5.43. The van der Waals surface area contributed by atoms with Crippen LogP contribution in [-0.4, -0.2) is 28.4 Å². The molecule has 4 rings (SSSR count). The number of hydrogen-bond donors (Lipinski definition) is 1. The van der Waals surface area contributed by atoms with Crippen molar-refractivity contribution in [3.8, 4) is 11.4 Å². The van der Waals surface area contributed by atoms with Crippen LogP contribution in [-0.2, 0) is 6.42 Å². The molecular formula is C22H18BrN3O4. The smallest absolute Gasteiger partial charge is 0.268 e. The highest BCUT2D eigenvalue weighted by atomic mass is 79.9. The SMILES string of the molecule is COc1ccc(-n2c3c(cc(C(=O)Nc4ccc(Br)cn4)c2=O)C(=O)CCC3)cc1. The molecule has 3 aromatic rings. The number of aromatic nitrogens is 2. The van der Waals surface area contributed by atoms with Gasteiger partial charge >= 0.3 is 0 Å². The minimum absolute atomic E-state index is 0.0747. The van der Waals surface area contributed by atoms with Crippen LogP contribution in [0, 0.1) is 0 Å². The second kappa shape index (κ2) is 8.23. The largest absolute Gasteiger partial charge is 0.497 e. The molecule has 0 radical (unpaired) electrons. The number of nitrogens with one attached hydrogen (secondary N) is 1. The molecule has 30 heavy (non-hydrogen) atoms. The van der Waals surface area contributed by atoms with Gasteiger partial charge in [-0.25, -0.2) is 4.98 Å². The van der Waals surface area contributed by atoms with Crippen molar-refractivity contribution >= 4 is 33.4 Å². The van der Waals surface area contributed by atoms with Crippen LogP contribution in [0.2, 0.25) is 0 Å². The van der Waals surface area contributed by atoms with Crippen molar-refractivity contribution in [2.75, 3.05) is 12.4 Å². The van der Waals surface area contributed by atoms with E-state index in [1.807, 2.05) is 0 Å². The third kappa shape index (κ3) is 3.78. The number of carbonyl (C=O) groups excluding carboxylic acids is 2. The summed E-state index contributed by atoms with van der Waals surface area (Å²) in [4.78, 5) is 42.9. The van der Waals surface area contributed by atoms with Gasteiger partial charge in [-0.2, -0.15) is 0 Å². The van der Waals surface area contributed by atoms with Crippen LogP contribution in [0.5, 0.6) is 5.75 Å². The van der Waals surface area contributed by atoms with Crippen LogP contribution in [0.1, 0.15) is 39.3 Å². The van der Waals surface area contributed by atoms with Crippen molar-refractivity contribution in [2.24, 2.45) is 0 Å². The Morgan fingerprint density at radius 1 is 1.13 bits per heavy atom.